The Hall–Kier alpha value is -1.02. The predicted octanol–water partition coefficient (Wildman–Crippen LogP) is 1.32. The van der Waals surface area contributed by atoms with Crippen LogP contribution < -0.4 is 19.5 Å². The summed E-state index contributed by atoms with van der Waals surface area (Å²) in [5, 5.41) is 8.41. The monoisotopic (exact) mass is 586 g/mol. The van der Waals surface area contributed by atoms with Crippen LogP contribution in [0, 0.1) is 5.92 Å². The number of ether oxygens (including phenoxy) is 3. The van der Waals surface area contributed by atoms with E-state index < -0.39 is 5.54 Å². The summed E-state index contributed by atoms with van der Waals surface area (Å²) in [4.78, 5) is 35.3. The van der Waals surface area contributed by atoms with E-state index in [0.29, 0.717) is 25.6 Å². The minimum absolute atomic E-state index is 0.0493. The van der Waals surface area contributed by atoms with Crippen molar-refractivity contribution in [2.24, 2.45) is 5.92 Å². The van der Waals surface area contributed by atoms with E-state index in [-0.39, 0.29) is 76.6 Å². The Morgan fingerprint density at radius 3 is 1.64 bits per heavy atom. The molecule has 33 heavy (non-hydrogen) atoms. The Balaban J connectivity index is 4.61. The lowest BCUT2D eigenvalue weighted by Crippen LogP contribution is -2.53. The molecular formula is C22H43IN4O6. The van der Waals surface area contributed by atoms with Crippen LogP contribution in [-0.4, -0.2) is 82.5 Å². The van der Waals surface area contributed by atoms with E-state index in [2.05, 4.69) is 19.5 Å². The lowest BCUT2D eigenvalue weighted by molar-refractivity contribution is -0.122. The maximum atomic E-state index is 11.9. The van der Waals surface area contributed by atoms with Gasteiger partial charge >= 0.3 is 0 Å². The first kappa shape index (κ1) is 32.0. The standard InChI is InChI=1S/C22H43IN4O6/c1-5-10-25-20(29)8-12-32-16-22(27-23,15-31-11-7-19(28)24-6-2)17-33-13-9-21(30)26-14-18(3)4/h18,27H,5-17H2,1-4H3,(H,24,28)(H,25,29)(H,26,30). The smallest absolute Gasteiger partial charge is 0.222 e. The molecule has 0 rings (SSSR count). The molecule has 0 aromatic carbocycles. The molecule has 194 valence electrons. The van der Waals surface area contributed by atoms with Crippen LogP contribution in [0.4, 0.5) is 0 Å². The van der Waals surface area contributed by atoms with Crippen molar-refractivity contribution in [2.75, 3.05) is 59.3 Å². The number of amides is 3. The van der Waals surface area contributed by atoms with Crippen LogP contribution in [0.15, 0.2) is 0 Å². The van der Waals surface area contributed by atoms with E-state index in [4.69, 9.17) is 14.2 Å². The van der Waals surface area contributed by atoms with Gasteiger partial charge in [-0.25, -0.2) is 3.53 Å². The molecule has 1 unspecified atom stereocenters. The fourth-order valence-electron chi connectivity index (χ4n) is 2.55. The van der Waals surface area contributed by atoms with Crippen LogP contribution >= 0.6 is 22.9 Å². The third kappa shape index (κ3) is 18.0. The maximum absolute atomic E-state index is 11.9. The van der Waals surface area contributed by atoms with Gasteiger partial charge in [-0.1, -0.05) is 20.8 Å². The lowest BCUT2D eigenvalue weighted by atomic mass is 10.1. The van der Waals surface area contributed by atoms with Gasteiger partial charge in [0.2, 0.25) is 17.7 Å². The molecule has 0 saturated heterocycles. The molecule has 0 aliphatic carbocycles. The van der Waals surface area contributed by atoms with E-state index in [0.717, 1.165) is 6.42 Å². The lowest BCUT2D eigenvalue weighted by Gasteiger charge is -2.32. The van der Waals surface area contributed by atoms with Crippen molar-refractivity contribution in [2.45, 2.75) is 58.9 Å². The molecule has 0 aliphatic heterocycles. The number of rotatable bonds is 21. The summed E-state index contributed by atoms with van der Waals surface area (Å²) in [7, 11) is 0. The quantitative estimate of drug-likeness (QED) is 0.0908. The molecule has 10 nitrogen and oxygen atoms in total. The molecule has 0 saturated carbocycles. The van der Waals surface area contributed by atoms with E-state index >= 15 is 0 Å². The van der Waals surface area contributed by atoms with Crippen molar-refractivity contribution in [3.63, 3.8) is 0 Å². The van der Waals surface area contributed by atoms with Crippen LogP contribution in [0.2, 0.25) is 0 Å². The minimum Gasteiger partial charge on any atom is -0.379 e. The van der Waals surface area contributed by atoms with Crippen LogP contribution in [-0.2, 0) is 28.6 Å². The zero-order valence-electron chi connectivity index (χ0n) is 20.6. The second-order valence-electron chi connectivity index (χ2n) is 8.28. The first-order valence-corrected chi connectivity index (χ1v) is 12.8. The first-order valence-electron chi connectivity index (χ1n) is 11.7. The average molecular weight is 587 g/mol. The summed E-state index contributed by atoms with van der Waals surface area (Å²) in [6.07, 6.45) is 1.68. The minimum atomic E-state index is -0.684. The molecule has 4 N–H and O–H groups in total. The molecular weight excluding hydrogens is 543 g/mol. The Bertz CT molecular complexity index is 553. The van der Waals surface area contributed by atoms with Gasteiger partial charge in [0.25, 0.3) is 0 Å². The van der Waals surface area contributed by atoms with Crippen LogP contribution in [0.5, 0.6) is 0 Å². The molecule has 1 atom stereocenters. The summed E-state index contributed by atoms with van der Waals surface area (Å²) < 4.78 is 20.4. The van der Waals surface area contributed by atoms with Crippen LogP contribution in [0.3, 0.4) is 0 Å². The first-order chi connectivity index (χ1) is 15.8. The fourth-order valence-corrected chi connectivity index (χ4v) is 3.02. The highest BCUT2D eigenvalue weighted by Gasteiger charge is 2.31. The molecule has 0 aliphatic rings. The maximum Gasteiger partial charge on any atom is 0.222 e. The van der Waals surface area contributed by atoms with Gasteiger partial charge in [-0.15, -0.1) is 0 Å². The van der Waals surface area contributed by atoms with Crippen molar-refractivity contribution < 1.29 is 28.6 Å². The highest BCUT2D eigenvalue weighted by atomic mass is 127. The summed E-state index contributed by atoms with van der Waals surface area (Å²) in [5.74, 6) is 0.225. The van der Waals surface area contributed by atoms with Gasteiger partial charge in [-0.2, -0.15) is 0 Å². The molecule has 0 bridgehead atoms. The van der Waals surface area contributed by atoms with Gasteiger partial charge in [0.15, 0.2) is 0 Å². The molecule has 0 fully saturated rings. The third-order valence-electron chi connectivity index (χ3n) is 4.41. The zero-order chi connectivity index (χ0) is 25.0. The topological polar surface area (TPSA) is 127 Å². The van der Waals surface area contributed by atoms with Gasteiger partial charge in [-0.05, 0) is 19.3 Å². The van der Waals surface area contributed by atoms with Crippen molar-refractivity contribution in [1.29, 1.82) is 0 Å². The summed E-state index contributed by atoms with van der Waals surface area (Å²) in [5.41, 5.74) is -0.684. The van der Waals surface area contributed by atoms with Crippen LogP contribution in [0.1, 0.15) is 53.4 Å². The average Bonchev–Trinajstić information content (AvgIpc) is 2.79. The molecule has 0 heterocycles. The van der Waals surface area contributed by atoms with Gasteiger partial charge in [-0.3, -0.25) is 14.4 Å². The van der Waals surface area contributed by atoms with Crippen molar-refractivity contribution in [3.05, 3.63) is 0 Å². The Morgan fingerprint density at radius 1 is 0.788 bits per heavy atom. The SMILES string of the molecule is CCCNC(=O)CCOCC(COCCC(=O)NCC)(COCCC(=O)NCC(C)C)NI. The largest absolute Gasteiger partial charge is 0.379 e. The van der Waals surface area contributed by atoms with Crippen LogP contribution in [0.25, 0.3) is 0 Å². The molecule has 0 radical (unpaired) electrons. The highest BCUT2D eigenvalue weighted by Crippen LogP contribution is 2.12. The van der Waals surface area contributed by atoms with Crippen molar-refractivity contribution in [1.82, 2.24) is 19.5 Å². The zero-order valence-corrected chi connectivity index (χ0v) is 22.8. The molecule has 0 aromatic rings. The van der Waals surface area contributed by atoms with Gasteiger partial charge < -0.3 is 30.2 Å². The number of hydrogen-bond acceptors (Lipinski definition) is 7. The van der Waals surface area contributed by atoms with E-state index in [1.165, 1.54) is 0 Å². The van der Waals surface area contributed by atoms with Gasteiger partial charge in [0.1, 0.15) is 0 Å². The predicted molar refractivity (Wildman–Crippen MR) is 136 cm³/mol. The number of carbonyl (C=O) groups is 3. The fraction of sp³-hybridized carbons (Fsp3) is 0.864. The summed E-state index contributed by atoms with van der Waals surface area (Å²) in [6, 6.07) is 0. The van der Waals surface area contributed by atoms with E-state index in [9.17, 15) is 14.4 Å². The normalized spacial score (nSPS) is 12.9. The second kappa shape index (κ2) is 20.4. The highest BCUT2D eigenvalue weighted by molar-refractivity contribution is 14.1. The number of carbonyl (C=O) groups excluding carboxylic acids is 3. The molecule has 0 spiro atoms. The Morgan fingerprint density at radius 2 is 1.24 bits per heavy atom. The molecule has 3 amide bonds. The van der Waals surface area contributed by atoms with E-state index in [1.54, 1.807) is 0 Å². The summed E-state index contributed by atoms with van der Waals surface area (Å²) >= 11 is 2.02. The van der Waals surface area contributed by atoms with Crippen molar-refractivity contribution in [3.8, 4) is 0 Å². The van der Waals surface area contributed by atoms with Crippen molar-refractivity contribution >= 4 is 40.6 Å². The number of nitrogens with one attached hydrogen (secondary N) is 4. The van der Waals surface area contributed by atoms with Gasteiger partial charge in [0.05, 0.1) is 45.2 Å². The van der Waals surface area contributed by atoms with Gasteiger partial charge in [0, 0.05) is 61.8 Å². The second-order valence-corrected chi connectivity index (χ2v) is 8.82. The molecule has 11 heteroatoms. The summed E-state index contributed by atoms with van der Waals surface area (Å²) in [6.45, 7) is 11.3. The number of hydrogen-bond donors (Lipinski definition) is 4. The molecule has 0 aromatic heterocycles. The van der Waals surface area contributed by atoms with E-state index in [1.807, 2.05) is 50.6 Å². The number of halogens is 1. The third-order valence-corrected chi connectivity index (χ3v) is 5.55. The Labute approximate surface area is 212 Å². The Kier molecular flexibility index (Phi) is 19.7.